The van der Waals surface area contributed by atoms with Crippen molar-refractivity contribution >= 4 is 11.7 Å². The van der Waals surface area contributed by atoms with Crippen molar-refractivity contribution in [1.29, 1.82) is 0 Å². The number of aliphatic hydroxyl groups is 1. The standard InChI is InChI=1S/C20H22N6O3/c27-18-14-25(13-17(18)26-10-9-22-24-26)20(28)23-16-6-7-19(21-12-16)29-11-8-15-4-2-1-3-5-15/h1-7,9-10,12,17-18,27H,8,11,13-14H2,(H,23,28)/t17-,18-/m1/s1. The van der Waals surface area contributed by atoms with Crippen molar-refractivity contribution in [3.63, 3.8) is 0 Å². The number of rotatable bonds is 6. The number of carbonyl (C=O) groups is 1. The van der Waals surface area contributed by atoms with E-state index in [1.165, 1.54) is 5.56 Å². The average molecular weight is 394 g/mol. The fourth-order valence-electron chi connectivity index (χ4n) is 3.25. The van der Waals surface area contributed by atoms with Crippen LogP contribution < -0.4 is 10.1 Å². The summed E-state index contributed by atoms with van der Waals surface area (Å²) in [6.07, 6.45) is 4.88. The lowest BCUT2D eigenvalue weighted by Crippen LogP contribution is -2.33. The van der Waals surface area contributed by atoms with Crippen LogP contribution in [0.25, 0.3) is 0 Å². The minimum absolute atomic E-state index is 0.227. The van der Waals surface area contributed by atoms with Crippen molar-refractivity contribution < 1.29 is 14.6 Å². The maximum Gasteiger partial charge on any atom is 0.322 e. The summed E-state index contributed by atoms with van der Waals surface area (Å²) in [6, 6.07) is 12.9. The zero-order valence-electron chi connectivity index (χ0n) is 15.8. The molecular formula is C20H22N6O3. The number of carbonyl (C=O) groups excluding carboxylic acids is 1. The van der Waals surface area contributed by atoms with Crippen LogP contribution in [0, 0.1) is 0 Å². The smallest absolute Gasteiger partial charge is 0.322 e. The number of hydrogen-bond donors (Lipinski definition) is 2. The first kappa shape index (κ1) is 18.9. The van der Waals surface area contributed by atoms with Gasteiger partial charge < -0.3 is 20.1 Å². The molecule has 1 aliphatic heterocycles. The van der Waals surface area contributed by atoms with Crippen LogP contribution in [-0.2, 0) is 6.42 Å². The molecule has 1 aliphatic rings. The number of hydrogen-bond acceptors (Lipinski definition) is 6. The van der Waals surface area contributed by atoms with Crippen molar-refractivity contribution in [2.75, 3.05) is 25.0 Å². The summed E-state index contributed by atoms with van der Waals surface area (Å²) in [5.41, 5.74) is 1.76. The Labute approximate surface area is 167 Å². The maximum absolute atomic E-state index is 12.5. The van der Waals surface area contributed by atoms with Gasteiger partial charge in [-0.1, -0.05) is 35.5 Å². The number of likely N-dealkylation sites (tertiary alicyclic amines) is 1. The van der Waals surface area contributed by atoms with E-state index in [1.807, 2.05) is 18.2 Å². The number of anilines is 1. The molecule has 2 atom stereocenters. The average Bonchev–Trinajstić information content (AvgIpc) is 3.40. The van der Waals surface area contributed by atoms with Crippen LogP contribution in [0.1, 0.15) is 11.6 Å². The Morgan fingerprint density at radius 2 is 2.07 bits per heavy atom. The largest absolute Gasteiger partial charge is 0.477 e. The van der Waals surface area contributed by atoms with E-state index < -0.39 is 6.10 Å². The van der Waals surface area contributed by atoms with Crippen LogP contribution >= 0.6 is 0 Å². The van der Waals surface area contributed by atoms with Gasteiger partial charge in [0.1, 0.15) is 0 Å². The molecule has 0 unspecified atom stereocenters. The molecule has 2 aromatic heterocycles. The number of aromatic nitrogens is 4. The quantitative estimate of drug-likeness (QED) is 0.660. The summed E-state index contributed by atoms with van der Waals surface area (Å²) in [5, 5.41) is 20.7. The molecule has 0 spiro atoms. The van der Waals surface area contributed by atoms with Gasteiger partial charge in [0.25, 0.3) is 0 Å². The number of β-amino-alcohol motifs (C(OH)–C–C–N with tert-alkyl or cyclic N) is 1. The molecule has 0 aliphatic carbocycles. The fraction of sp³-hybridized carbons (Fsp3) is 0.300. The molecule has 2 N–H and O–H groups in total. The SMILES string of the molecule is O=C(Nc1ccc(OCCc2ccccc2)nc1)N1C[C@@H](O)[C@H](n2ccnn2)C1. The molecule has 0 saturated carbocycles. The Balaban J connectivity index is 1.27. The molecule has 3 heterocycles. The minimum Gasteiger partial charge on any atom is -0.477 e. The maximum atomic E-state index is 12.5. The molecule has 9 heteroatoms. The summed E-state index contributed by atoms with van der Waals surface area (Å²) < 4.78 is 7.23. The number of nitrogens with zero attached hydrogens (tertiary/aromatic N) is 5. The minimum atomic E-state index is -0.694. The van der Waals surface area contributed by atoms with Gasteiger partial charge in [-0.3, -0.25) is 0 Å². The van der Waals surface area contributed by atoms with E-state index in [9.17, 15) is 9.90 Å². The van der Waals surface area contributed by atoms with E-state index in [1.54, 1.807) is 40.3 Å². The first-order valence-electron chi connectivity index (χ1n) is 9.41. The van der Waals surface area contributed by atoms with Gasteiger partial charge in [0, 0.05) is 25.2 Å². The van der Waals surface area contributed by atoms with E-state index in [0.717, 1.165) is 6.42 Å². The van der Waals surface area contributed by atoms with Crippen LogP contribution in [0.4, 0.5) is 10.5 Å². The normalized spacial score (nSPS) is 18.6. The molecule has 1 aromatic carbocycles. The molecule has 1 fully saturated rings. The van der Waals surface area contributed by atoms with Gasteiger partial charge >= 0.3 is 6.03 Å². The van der Waals surface area contributed by atoms with Crippen molar-refractivity contribution in [2.24, 2.45) is 0 Å². The third kappa shape index (κ3) is 4.69. The fourth-order valence-corrected chi connectivity index (χ4v) is 3.25. The van der Waals surface area contributed by atoms with Crippen molar-refractivity contribution in [3.8, 4) is 5.88 Å². The second kappa shape index (κ2) is 8.70. The second-order valence-corrected chi connectivity index (χ2v) is 6.82. The van der Waals surface area contributed by atoms with Crippen molar-refractivity contribution in [2.45, 2.75) is 18.6 Å². The molecule has 0 bridgehead atoms. The lowest BCUT2D eigenvalue weighted by molar-refractivity contribution is 0.139. The Hall–Kier alpha value is -3.46. The molecule has 150 valence electrons. The molecular weight excluding hydrogens is 372 g/mol. The summed E-state index contributed by atoms with van der Waals surface area (Å²) in [7, 11) is 0. The van der Waals surface area contributed by atoms with Gasteiger partial charge in [-0.25, -0.2) is 14.5 Å². The third-order valence-electron chi connectivity index (χ3n) is 4.80. The van der Waals surface area contributed by atoms with Crippen LogP contribution in [0.5, 0.6) is 5.88 Å². The zero-order chi connectivity index (χ0) is 20.1. The highest BCUT2D eigenvalue weighted by atomic mass is 16.5. The summed E-state index contributed by atoms with van der Waals surface area (Å²) in [6.45, 7) is 1.10. The number of benzene rings is 1. The van der Waals surface area contributed by atoms with Gasteiger partial charge in [-0.05, 0) is 11.6 Å². The number of aliphatic hydroxyl groups excluding tert-OH is 1. The first-order chi connectivity index (χ1) is 14.2. The van der Waals surface area contributed by atoms with E-state index >= 15 is 0 Å². The Bertz CT molecular complexity index is 917. The van der Waals surface area contributed by atoms with Crippen LogP contribution in [0.3, 0.4) is 0 Å². The second-order valence-electron chi connectivity index (χ2n) is 6.82. The Morgan fingerprint density at radius 3 is 2.79 bits per heavy atom. The van der Waals surface area contributed by atoms with Gasteiger partial charge in [0.15, 0.2) is 0 Å². The first-order valence-corrected chi connectivity index (χ1v) is 9.41. The van der Waals surface area contributed by atoms with Crippen LogP contribution in [-0.4, -0.2) is 61.8 Å². The van der Waals surface area contributed by atoms with Crippen LogP contribution in [0.2, 0.25) is 0 Å². The highest BCUT2D eigenvalue weighted by molar-refractivity contribution is 5.89. The van der Waals surface area contributed by atoms with Gasteiger partial charge in [0.2, 0.25) is 5.88 Å². The molecule has 3 aromatic rings. The van der Waals surface area contributed by atoms with Gasteiger partial charge in [0.05, 0.1) is 43.4 Å². The molecule has 4 rings (SSSR count). The molecule has 0 radical (unpaired) electrons. The van der Waals surface area contributed by atoms with E-state index in [4.69, 9.17) is 4.74 Å². The molecule has 9 nitrogen and oxygen atoms in total. The summed E-state index contributed by atoms with van der Waals surface area (Å²) >= 11 is 0. The molecule has 2 amide bonds. The molecule has 1 saturated heterocycles. The van der Waals surface area contributed by atoms with Crippen molar-refractivity contribution in [3.05, 3.63) is 66.6 Å². The van der Waals surface area contributed by atoms with Gasteiger partial charge in [-0.15, -0.1) is 5.10 Å². The number of nitrogens with one attached hydrogen (secondary N) is 1. The van der Waals surface area contributed by atoms with Crippen molar-refractivity contribution in [1.82, 2.24) is 24.9 Å². The topological polar surface area (TPSA) is 105 Å². The molecule has 29 heavy (non-hydrogen) atoms. The number of ether oxygens (including phenoxy) is 1. The number of pyridine rings is 1. The Morgan fingerprint density at radius 1 is 1.21 bits per heavy atom. The summed E-state index contributed by atoms with van der Waals surface area (Å²) in [4.78, 5) is 18.3. The third-order valence-corrected chi connectivity index (χ3v) is 4.80. The summed E-state index contributed by atoms with van der Waals surface area (Å²) in [5.74, 6) is 0.502. The van der Waals surface area contributed by atoms with E-state index in [0.29, 0.717) is 24.7 Å². The highest BCUT2D eigenvalue weighted by Crippen LogP contribution is 2.22. The monoisotopic (exact) mass is 394 g/mol. The predicted octanol–water partition coefficient (Wildman–Crippen LogP) is 1.74. The van der Waals surface area contributed by atoms with E-state index in [2.05, 4.69) is 32.7 Å². The number of urea groups is 1. The Kier molecular flexibility index (Phi) is 5.66. The zero-order valence-corrected chi connectivity index (χ0v) is 15.8. The number of amides is 2. The lowest BCUT2D eigenvalue weighted by atomic mass is 10.2. The van der Waals surface area contributed by atoms with E-state index in [-0.39, 0.29) is 18.6 Å². The lowest BCUT2D eigenvalue weighted by Gasteiger charge is -2.17. The predicted molar refractivity (Wildman–Crippen MR) is 106 cm³/mol. The van der Waals surface area contributed by atoms with Crippen LogP contribution in [0.15, 0.2) is 61.1 Å². The van der Waals surface area contributed by atoms with Gasteiger partial charge in [-0.2, -0.15) is 0 Å². The highest BCUT2D eigenvalue weighted by Gasteiger charge is 2.35.